The summed E-state index contributed by atoms with van der Waals surface area (Å²) in [6.07, 6.45) is 2.44. The molecule has 1 N–H and O–H groups in total. The van der Waals surface area contributed by atoms with Crippen molar-refractivity contribution in [1.82, 2.24) is 9.73 Å². The van der Waals surface area contributed by atoms with Gasteiger partial charge < -0.3 is 0 Å². The molecule has 3 rings (SSSR count). The van der Waals surface area contributed by atoms with Crippen LogP contribution in [0, 0.1) is 0 Å². The molecule has 0 radical (unpaired) electrons. The number of rotatable bonds is 9. The summed E-state index contributed by atoms with van der Waals surface area (Å²) in [4.78, 5) is 12.6. The highest BCUT2D eigenvalue weighted by atomic mass is 35.5. The third-order valence-electron chi connectivity index (χ3n) is 4.81. The SMILES string of the molecule is CCc1ccc(/C=N\NC(=O)CN(Cc2cccc(Cl)c2)S(=O)(=O)c2ccc(Cl)cc2)cc1. The van der Waals surface area contributed by atoms with Crippen LogP contribution in [-0.4, -0.2) is 31.4 Å². The molecule has 9 heteroatoms. The predicted octanol–water partition coefficient (Wildman–Crippen LogP) is 4.90. The molecule has 6 nitrogen and oxygen atoms in total. The molecule has 0 aliphatic heterocycles. The Morgan fingerprint density at radius 1 is 0.970 bits per heavy atom. The first-order valence-corrected chi connectivity index (χ1v) is 12.4. The van der Waals surface area contributed by atoms with E-state index in [1.807, 2.05) is 24.3 Å². The zero-order valence-electron chi connectivity index (χ0n) is 17.9. The Kier molecular flexibility index (Phi) is 8.63. The summed E-state index contributed by atoms with van der Waals surface area (Å²) in [6.45, 7) is 1.60. The van der Waals surface area contributed by atoms with Crippen molar-refractivity contribution in [3.05, 3.63) is 99.5 Å². The first kappa shape index (κ1) is 24.9. The highest BCUT2D eigenvalue weighted by Gasteiger charge is 2.27. The molecule has 1 amide bonds. The van der Waals surface area contributed by atoms with Crippen molar-refractivity contribution in [2.24, 2.45) is 5.10 Å². The lowest BCUT2D eigenvalue weighted by Gasteiger charge is -2.21. The molecule has 172 valence electrons. The van der Waals surface area contributed by atoms with Crippen molar-refractivity contribution in [2.45, 2.75) is 24.8 Å². The molecule has 3 aromatic rings. The van der Waals surface area contributed by atoms with E-state index in [0.717, 1.165) is 16.3 Å². The number of nitrogens with one attached hydrogen (secondary N) is 1. The average molecular weight is 504 g/mol. The van der Waals surface area contributed by atoms with E-state index in [4.69, 9.17) is 23.2 Å². The molecule has 0 unspecified atom stereocenters. The van der Waals surface area contributed by atoms with E-state index in [1.165, 1.54) is 36.0 Å². The summed E-state index contributed by atoms with van der Waals surface area (Å²) in [5, 5.41) is 4.84. The van der Waals surface area contributed by atoms with Gasteiger partial charge in [0, 0.05) is 16.6 Å². The van der Waals surface area contributed by atoms with Gasteiger partial charge in [-0.15, -0.1) is 0 Å². The number of aryl methyl sites for hydroxylation is 1. The second kappa shape index (κ2) is 11.4. The van der Waals surface area contributed by atoms with Gasteiger partial charge in [0.2, 0.25) is 10.0 Å². The lowest BCUT2D eigenvalue weighted by molar-refractivity contribution is -0.121. The number of nitrogens with zero attached hydrogens (tertiary/aromatic N) is 2. The fourth-order valence-corrected chi connectivity index (χ4v) is 4.76. The largest absolute Gasteiger partial charge is 0.272 e. The topological polar surface area (TPSA) is 78.8 Å². The van der Waals surface area contributed by atoms with Crippen LogP contribution in [0.3, 0.4) is 0 Å². The van der Waals surface area contributed by atoms with Gasteiger partial charge in [-0.1, -0.05) is 66.5 Å². The van der Waals surface area contributed by atoms with Crippen molar-refractivity contribution in [2.75, 3.05) is 6.54 Å². The van der Waals surface area contributed by atoms with E-state index in [1.54, 1.807) is 24.3 Å². The van der Waals surface area contributed by atoms with Crippen LogP contribution in [0.2, 0.25) is 10.0 Å². The smallest absolute Gasteiger partial charge is 0.255 e. The van der Waals surface area contributed by atoms with Crippen LogP contribution >= 0.6 is 23.2 Å². The van der Waals surface area contributed by atoms with Gasteiger partial charge in [0.25, 0.3) is 5.91 Å². The highest BCUT2D eigenvalue weighted by molar-refractivity contribution is 7.89. The molecule has 0 heterocycles. The Balaban J connectivity index is 1.77. The molecular weight excluding hydrogens is 481 g/mol. The van der Waals surface area contributed by atoms with Crippen LogP contribution in [0.4, 0.5) is 0 Å². The fourth-order valence-electron chi connectivity index (χ4n) is 3.03. The van der Waals surface area contributed by atoms with Crippen LogP contribution in [-0.2, 0) is 27.8 Å². The van der Waals surface area contributed by atoms with Gasteiger partial charge in [-0.05, 0) is 59.5 Å². The molecule has 0 fully saturated rings. The highest BCUT2D eigenvalue weighted by Crippen LogP contribution is 2.21. The summed E-state index contributed by atoms with van der Waals surface area (Å²) in [6, 6.07) is 20.3. The Bertz CT molecular complexity index is 1230. The maximum absolute atomic E-state index is 13.3. The summed E-state index contributed by atoms with van der Waals surface area (Å²) >= 11 is 11.9. The van der Waals surface area contributed by atoms with Gasteiger partial charge in [0.15, 0.2) is 0 Å². The molecule has 0 aliphatic carbocycles. The van der Waals surface area contributed by atoms with Crippen molar-refractivity contribution in [3.8, 4) is 0 Å². The number of carbonyl (C=O) groups is 1. The second-order valence-corrected chi connectivity index (χ2v) is 10.1. The Hall–Kier alpha value is -2.71. The quantitative estimate of drug-likeness (QED) is 0.333. The molecule has 0 spiro atoms. The van der Waals surface area contributed by atoms with Gasteiger partial charge >= 0.3 is 0 Å². The lowest BCUT2D eigenvalue weighted by atomic mass is 10.1. The van der Waals surface area contributed by atoms with Gasteiger partial charge in [-0.25, -0.2) is 13.8 Å². The van der Waals surface area contributed by atoms with Crippen molar-refractivity contribution in [1.29, 1.82) is 0 Å². The first-order valence-electron chi connectivity index (χ1n) is 10.2. The number of carbonyl (C=O) groups excluding carboxylic acids is 1. The van der Waals surface area contributed by atoms with E-state index in [9.17, 15) is 13.2 Å². The van der Waals surface area contributed by atoms with Crippen LogP contribution in [0.1, 0.15) is 23.6 Å². The third-order valence-corrected chi connectivity index (χ3v) is 7.10. The first-order chi connectivity index (χ1) is 15.8. The molecule has 0 aliphatic rings. The van der Waals surface area contributed by atoms with Crippen molar-refractivity contribution >= 4 is 45.3 Å². The number of hydrazone groups is 1. The average Bonchev–Trinajstić information content (AvgIpc) is 2.79. The summed E-state index contributed by atoms with van der Waals surface area (Å²) in [5.41, 5.74) is 5.05. The standard InChI is InChI=1S/C24H23Cl2N3O3S/c1-2-18-6-8-19(9-7-18)15-27-28-24(30)17-29(16-20-4-3-5-22(26)14-20)33(31,32)23-12-10-21(25)11-13-23/h3-15H,2,16-17H2,1H3,(H,28,30)/b27-15-. The molecular formula is C24H23Cl2N3O3S. The monoisotopic (exact) mass is 503 g/mol. The van der Waals surface area contributed by atoms with Crippen LogP contribution < -0.4 is 5.43 Å². The minimum absolute atomic E-state index is 0.0289. The predicted molar refractivity (Wildman–Crippen MR) is 132 cm³/mol. The maximum Gasteiger partial charge on any atom is 0.255 e. The van der Waals surface area contributed by atoms with Gasteiger partial charge in [-0.3, -0.25) is 4.79 Å². The number of hydrogen-bond acceptors (Lipinski definition) is 4. The molecule has 0 bridgehead atoms. The molecule has 33 heavy (non-hydrogen) atoms. The summed E-state index contributed by atoms with van der Waals surface area (Å²) in [5.74, 6) is -0.573. The summed E-state index contributed by atoms with van der Waals surface area (Å²) in [7, 11) is -3.99. The molecule has 0 saturated carbocycles. The van der Waals surface area contributed by atoms with E-state index in [-0.39, 0.29) is 11.4 Å². The minimum Gasteiger partial charge on any atom is -0.272 e. The van der Waals surface area contributed by atoms with Crippen LogP contribution in [0.5, 0.6) is 0 Å². The van der Waals surface area contributed by atoms with Gasteiger partial charge in [0.05, 0.1) is 17.7 Å². The van der Waals surface area contributed by atoms with Crippen molar-refractivity contribution in [3.63, 3.8) is 0 Å². The van der Waals surface area contributed by atoms with E-state index < -0.39 is 22.5 Å². The number of benzene rings is 3. The second-order valence-electron chi connectivity index (χ2n) is 7.25. The van der Waals surface area contributed by atoms with Crippen LogP contribution in [0.15, 0.2) is 82.8 Å². The van der Waals surface area contributed by atoms with E-state index >= 15 is 0 Å². The number of amides is 1. The normalized spacial score (nSPS) is 11.8. The Morgan fingerprint density at radius 2 is 1.67 bits per heavy atom. The number of sulfonamides is 1. The zero-order valence-corrected chi connectivity index (χ0v) is 20.2. The number of halogens is 2. The van der Waals surface area contributed by atoms with Gasteiger partial charge in [0.1, 0.15) is 0 Å². The number of hydrogen-bond donors (Lipinski definition) is 1. The fraction of sp³-hybridized carbons (Fsp3) is 0.167. The summed E-state index contributed by atoms with van der Waals surface area (Å²) < 4.78 is 27.6. The zero-order chi connectivity index (χ0) is 23.8. The third kappa shape index (κ3) is 7.14. The Labute approximate surface area is 203 Å². The molecule has 0 atom stereocenters. The van der Waals surface area contributed by atoms with E-state index in [2.05, 4.69) is 17.5 Å². The van der Waals surface area contributed by atoms with Crippen molar-refractivity contribution < 1.29 is 13.2 Å². The van der Waals surface area contributed by atoms with Crippen LogP contribution in [0.25, 0.3) is 0 Å². The molecule has 3 aromatic carbocycles. The lowest BCUT2D eigenvalue weighted by Crippen LogP contribution is -2.39. The minimum atomic E-state index is -3.99. The Morgan fingerprint density at radius 3 is 2.30 bits per heavy atom. The molecule has 0 aromatic heterocycles. The van der Waals surface area contributed by atoms with E-state index in [0.29, 0.717) is 15.6 Å². The van der Waals surface area contributed by atoms with Gasteiger partial charge in [-0.2, -0.15) is 9.41 Å². The molecule has 0 saturated heterocycles. The maximum atomic E-state index is 13.3.